The first-order chi connectivity index (χ1) is 14.3. The van der Waals surface area contributed by atoms with Gasteiger partial charge in [0.2, 0.25) is 0 Å². The quantitative estimate of drug-likeness (QED) is 0.291. The van der Waals surface area contributed by atoms with Crippen LogP contribution in [0.4, 0.5) is 35.1 Å². The smallest absolute Gasteiger partial charge is 0.381 e. The van der Waals surface area contributed by atoms with Crippen LogP contribution >= 0.6 is 0 Å². The molecule has 2 nitrogen and oxygen atoms in total. The lowest BCUT2D eigenvalue weighted by atomic mass is 9.77. The molecule has 0 aliphatic heterocycles. The zero-order valence-corrected chi connectivity index (χ0v) is 16.8. The molecule has 0 saturated heterocycles. The maximum atomic E-state index is 13.5. The Morgan fingerprint density at radius 3 is 2.03 bits per heavy atom. The van der Waals surface area contributed by atoms with E-state index >= 15 is 0 Å². The van der Waals surface area contributed by atoms with Crippen molar-refractivity contribution in [3.05, 3.63) is 35.4 Å². The van der Waals surface area contributed by atoms with Crippen LogP contribution < -0.4 is 0 Å². The lowest BCUT2D eigenvalue weighted by molar-refractivity contribution is -0.343. The highest BCUT2D eigenvalue weighted by atomic mass is 19.4. The number of halogens is 8. The van der Waals surface area contributed by atoms with Crippen molar-refractivity contribution in [2.24, 2.45) is 5.92 Å². The monoisotopic (exact) mass is 460 g/mol. The molecule has 1 fully saturated rings. The molecule has 1 aliphatic carbocycles. The summed E-state index contributed by atoms with van der Waals surface area (Å²) in [4.78, 5) is 11.9. The first-order valence-electron chi connectivity index (χ1n) is 10.0. The minimum Gasteiger partial charge on any atom is -0.455 e. The highest BCUT2D eigenvalue weighted by Gasteiger charge is 2.75. The average molecular weight is 460 g/mol. The highest BCUT2D eigenvalue weighted by molar-refractivity contribution is 5.89. The van der Waals surface area contributed by atoms with Gasteiger partial charge in [0.15, 0.2) is 6.61 Å². The molecule has 0 heterocycles. The molecule has 1 saturated carbocycles. The second kappa shape index (κ2) is 9.73. The Labute approximate surface area is 174 Å². The first-order valence-corrected chi connectivity index (χ1v) is 10.0. The van der Waals surface area contributed by atoms with Crippen molar-refractivity contribution in [2.75, 3.05) is 6.61 Å². The first kappa shape index (κ1) is 25.4. The Morgan fingerprint density at radius 1 is 1.00 bits per heavy atom. The van der Waals surface area contributed by atoms with Crippen molar-refractivity contribution < 1.29 is 44.7 Å². The number of benzene rings is 1. The topological polar surface area (TPSA) is 26.3 Å². The molecule has 0 unspecified atom stereocenters. The molecule has 176 valence electrons. The van der Waals surface area contributed by atoms with E-state index in [1.54, 1.807) is 12.1 Å². The fourth-order valence-corrected chi connectivity index (χ4v) is 3.80. The SMILES string of the molecule is CCC[C@H]1CC[C@H](c2ccc(C(=O)OCC(F)(F)C(F)(F)C(F)(F)C(F)F)cc2)CC1. The van der Waals surface area contributed by atoms with Crippen molar-refractivity contribution in [3.63, 3.8) is 0 Å². The van der Waals surface area contributed by atoms with Crippen LogP contribution in [0.5, 0.6) is 0 Å². The van der Waals surface area contributed by atoms with Crippen molar-refractivity contribution in [1.82, 2.24) is 0 Å². The highest BCUT2D eigenvalue weighted by Crippen LogP contribution is 2.48. The number of carbonyl (C=O) groups is 1. The van der Waals surface area contributed by atoms with Gasteiger partial charge in [-0.15, -0.1) is 0 Å². The average Bonchev–Trinajstić information content (AvgIpc) is 2.72. The van der Waals surface area contributed by atoms with Gasteiger partial charge in [-0.1, -0.05) is 31.9 Å². The molecule has 0 spiro atoms. The predicted octanol–water partition coefficient (Wildman–Crippen LogP) is 7.09. The number of hydrogen-bond acceptors (Lipinski definition) is 2. The van der Waals surface area contributed by atoms with Crippen molar-refractivity contribution in [2.45, 2.75) is 75.6 Å². The van der Waals surface area contributed by atoms with Crippen molar-refractivity contribution in [1.29, 1.82) is 0 Å². The van der Waals surface area contributed by atoms with Gasteiger partial charge in [0.25, 0.3) is 0 Å². The third kappa shape index (κ3) is 5.49. The lowest BCUT2D eigenvalue weighted by Gasteiger charge is -2.31. The minimum absolute atomic E-state index is 0.247. The Kier molecular flexibility index (Phi) is 7.97. The Balaban J connectivity index is 1.97. The number of esters is 1. The van der Waals surface area contributed by atoms with Crippen LogP contribution in [0.25, 0.3) is 0 Å². The number of carbonyl (C=O) groups excluding carboxylic acids is 1. The van der Waals surface area contributed by atoms with Crippen LogP contribution in [0.1, 0.15) is 67.3 Å². The molecule has 0 aromatic heterocycles. The van der Waals surface area contributed by atoms with E-state index in [1.807, 2.05) is 0 Å². The second-order valence-electron chi connectivity index (χ2n) is 7.91. The summed E-state index contributed by atoms with van der Waals surface area (Å²) >= 11 is 0. The van der Waals surface area contributed by atoms with Gasteiger partial charge in [-0.05, 0) is 55.2 Å². The Bertz CT molecular complexity index is 725. The van der Waals surface area contributed by atoms with Crippen molar-refractivity contribution in [3.8, 4) is 0 Å². The van der Waals surface area contributed by atoms with E-state index in [4.69, 9.17) is 0 Å². The fraction of sp³-hybridized carbons (Fsp3) is 0.667. The molecule has 1 aromatic carbocycles. The number of hydrogen-bond donors (Lipinski definition) is 0. The third-order valence-electron chi connectivity index (χ3n) is 5.70. The van der Waals surface area contributed by atoms with Crippen LogP contribution in [0.3, 0.4) is 0 Å². The summed E-state index contributed by atoms with van der Waals surface area (Å²) in [5.41, 5.74) is 0.683. The van der Waals surface area contributed by atoms with Crippen LogP contribution in [0, 0.1) is 5.92 Å². The number of ether oxygens (including phenoxy) is 1. The van der Waals surface area contributed by atoms with E-state index in [2.05, 4.69) is 11.7 Å². The maximum absolute atomic E-state index is 13.5. The number of alkyl halides is 8. The van der Waals surface area contributed by atoms with Crippen LogP contribution in [-0.2, 0) is 4.74 Å². The summed E-state index contributed by atoms with van der Waals surface area (Å²) in [6.07, 6.45) is 1.36. The second-order valence-corrected chi connectivity index (χ2v) is 7.91. The van der Waals surface area contributed by atoms with E-state index in [1.165, 1.54) is 18.6 Å². The van der Waals surface area contributed by atoms with Gasteiger partial charge in [-0.3, -0.25) is 0 Å². The van der Waals surface area contributed by atoms with Gasteiger partial charge in [0.05, 0.1) is 5.56 Å². The van der Waals surface area contributed by atoms with Gasteiger partial charge in [-0.25, -0.2) is 13.6 Å². The molecule has 2 rings (SSSR count). The van der Waals surface area contributed by atoms with Gasteiger partial charge in [0, 0.05) is 0 Å². The molecule has 1 aliphatic rings. The third-order valence-corrected chi connectivity index (χ3v) is 5.70. The van der Waals surface area contributed by atoms with E-state index < -0.39 is 36.8 Å². The molecular formula is C21H24F8O2. The summed E-state index contributed by atoms with van der Waals surface area (Å²) in [6.45, 7) is -0.338. The summed E-state index contributed by atoms with van der Waals surface area (Å²) in [5.74, 6) is -18.9. The van der Waals surface area contributed by atoms with Gasteiger partial charge < -0.3 is 4.74 Å². The molecule has 1 aromatic rings. The van der Waals surface area contributed by atoms with Crippen molar-refractivity contribution >= 4 is 5.97 Å². The van der Waals surface area contributed by atoms with Crippen LogP contribution in [-0.4, -0.2) is 36.8 Å². The minimum atomic E-state index is -6.41. The molecular weight excluding hydrogens is 436 g/mol. The lowest BCUT2D eigenvalue weighted by Crippen LogP contribution is -2.59. The zero-order valence-electron chi connectivity index (χ0n) is 16.8. The standard InChI is InChI=1S/C21H24F8O2/c1-2-3-13-4-6-14(7-5-13)15-8-10-16(11-9-15)17(30)31-12-19(24,25)21(28,29)20(26,27)18(22)23/h8-11,13-14,18H,2-7,12H2,1H3/t13-,14-. The molecule has 0 bridgehead atoms. The largest absolute Gasteiger partial charge is 0.455 e. The molecule has 10 heteroatoms. The zero-order chi connectivity index (χ0) is 23.4. The molecule has 0 N–H and O–H groups in total. The normalized spacial score (nSPS) is 20.7. The van der Waals surface area contributed by atoms with E-state index in [9.17, 15) is 39.9 Å². The van der Waals surface area contributed by atoms with Crippen LogP contribution in [0.15, 0.2) is 24.3 Å². The van der Waals surface area contributed by atoms with Gasteiger partial charge >= 0.3 is 30.2 Å². The van der Waals surface area contributed by atoms with Gasteiger partial charge in [-0.2, -0.15) is 26.3 Å². The van der Waals surface area contributed by atoms with E-state index in [-0.39, 0.29) is 11.5 Å². The van der Waals surface area contributed by atoms with Crippen LogP contribution in [0.2, 0.25) is 0 Å². The van der Waals surface area contributed by atoms with Gasteiger partial charge in [0.1, 0.15) is 0 Å². The fourth-order valence-electron chi connectivity index (χ4n) is 3.80. The molecule has 0 amide bonds. The molecule has 0 atom stereocenters. The van der Waals surface area contributed by atoms with E-state index in [0.29, 0.717) is 5.92 Å². The molecule has 31 heavy (non-hydrogen) atoms. The summed E-state index contributed by atoms with van der Waals surface area (Å²) in [7, 11) is 0. The maximum Gasteiger partial charge on any atom is 0.381 e. The summed E-state index contributed by atoms with van der Waals surface area (Å²) in [6, 6.07) is 5.72. The predicted molar refractivity (Wildman–Crippen MR) is 97.2 cm³/mol. The Hall–Kier alpha value is -1.87. The van der Waals surface area contributed by atoms with E-state index in [0.717, 1.165) is 37.7 Å². The summed E-state index contributed by atoms with van der Waals surface area (Å²) in [5, 5.41) is 0. The summed E-state index contributed by atoms with van der Waals surface area (Å²) < 4.78 is 107. The molecule has 0 radical (unpaired) electrons. The Morgan fingerprint density at radius 2 is 1.55 bits per heavy atom. The number of rotatable bonds is 9.